The normalized spacial score (nSPS) is 11.1. The van der Waals surface area contributed by atoms with Gasteiger partial charge in [0.25, 0.3) is 0 Å². The fourth-order valence-electron chi connectivity index (χ4n) is 4.71. The van der Waals surface area contributed by atoms with E-state index in [4.69, 9.17) is 4.98 Å². The van der Waals surface area contributed by atoms with Crippen molar-refractivity contribution in [1.29, 1.82) is 0 Å². The molecule has 192 valence electrons. The Kier molecular flexibility index (Phi) is 7.84. The summed E-state index contributed by atoms with van der Waals surface area (Å²) >= 11 is 1.41. The first kappa shape index (κ1) is 25.7. The fourth-order valence-corrected chi connectivity index (χ4v) is 5.51. The summed E-state index contributed by atoms with van der Waals surface area (Å²) in [6.45, 7) is 6.97. The number of rotatable bonds is 9. The zero-order valence-corrected chi connectivity index (χ0v) is 22.8. The average molecular weight is 522 g/mol. The molecule has 0 aliphatic rings. The molecule has 7 heteroatoms. The van der Waals surface area contributed by atoms with Crippen molar-refractivity contribution in [3.63, 3.8) is 0 Å². The molecule has 3 aromatic carbocycles. The second-order valence-corrected chi connectivity index (χ2v) is 9.93. The van der Waals surface area contributed by atoms with E-state index in [2.05, 4.69) is 83.3 Å². The Morgan fingerprint density at radius 1 is 0.868 bits per heavy atom. The van der Waals surface area contributed by atoms with E-state index in [1.54, 1.807) is 0 Å². The smallest absolute Gasteiger partial charge is 0.234 e. The number of amides is 1. The summed E-state index contributed by atoms with van der Waals surface area (Å²) in [5.74, 6) is 0.986. The molecule has 1 amide bonds. The van der Waals surface area contributed by atoms with Gasteiger partial charge in [0.05, 0.1) is 17.0 Å². The number of aromatic nitrogens is 4. The van der Waals surface area contributed by atoms with Gasteiger partial charge in [0.1, 0.15) is 0 Å². The topological polar surface area (TPSA) is 72.7 Å². The molecule has 0 atom stereocenters. The van der Waals surface area contributed by atoms with Crippen molar-refractivity contribution in [1.82, 2.24) is 19.7 Å². The number of fused-ring (bicyclic) bond motifs is 1. The van der Waals surface area contributed by atoms with Gasteiger partial charge in [0, 0.05) is 28.7 Å². The lowest BCUT2D eigenvalue weighted by Crippen LogP contribution is -2.17. The van der Waals surface area contributed by atoms with E-state index in [0.717, 1.165) is 68.4 Å². The highest BCUT2D eigenvalue weighted by Crippen LogP contribution is 2.33. The first-order valence-corrected chi connectivity index (χ1v) is 14.0. The molecule has 2 aromatic heterocycles. The van der Waals surface area contributed by atoms with Crippen LogP contribution >= 0.6 is 11.8 Å². The van der Waals surface area contributed by atoms with Gasteiger partial charge in [-0.2, -0.15) is 0 Å². The molecule has 0 saturated heterocycles. The van der Waals surface area contributed by atoms with Crippen LogP contribution in [0.2, 0.25) is 0 Å². The van der Waals surface area contributed by atoms with E-state index in [1.807, 2.05) is 36.4 Å². The maximum atomic E-state index is 13.0. The molecular weight excluding hydrogens is 490 g/mol. The summed E-state index contributed by atoms with van der Waals surface area (Å²) in [5, 5.41) is 14.0. The lowest BCUT2D eigenvalue weighted by Gasteiger charge is -2.14. The minimum Gasteiger partial charge on any atom is -0.325 e. The second kappa shape index (κ2) is 11.6. The van der Waals surface area contributed by atoms with Gasteiger partial charge in [-0.05, 0) is 43.0 Å². The monoisotopic (exact) mass is 521 g/mol. The van der Waals surface area contributed by atoms with Crippen LogP contribution in [0, 0.1) is 0 Å². The lowest BCUT2D eigenvalue weighted by atomic mass is 10.0. The van der Waals surface area contributed by atoms with Gasteiger partial charge in [0.15, 0.2) is 11.0 Å². The predicted molar refractivity (Wildman–Crippen MR) is 156 cm³/mol. The molecule has 0 spiro atoms. The van der Waals surface area contributed by atoms with Gasteiger partial charge in [0.2, 0.25) is 5.91 Å². The van der Waals surface area contributed by atoms with Crippen LogP contribution in [0.3, 0.4) is 0 Å². The molecule has 38 heavy (non-hydrogen) atoms. The summed E-state index contributed by atoms with van der Waals surface area (Å²) in [6.07, 6.45) is 1.74. The minimum absolute atomic E-state index is 0.0430. The van der Waals surface area contributed by atoms with Crippen molar-refractivity contribution in [3.8, 4) is 22.6 Å². The molecule has 2 heterocycles. The third-order valence-electron chi connectivity index (χ3n) is 6.66. The Morgan fingerprint density at radius 3 is 2.29 bits per heavy atom. The third-order valence-corrected chi connectivity index (χ3v) is 7.62. The predicted octanol–water partition coefficient (Wildman–Crippen LogP) is 7.04. The minimum atomic E-state index is -0.0430. The SMILES string of the molecule is CCc1cccc(CC)c1NC(=O)CSc1nnc(-c2cc(-c3ccccc3)nc3ccccc23)n1CC. The third kappa shape index (κ3) is 5.20. The number of hydrogen-bond donors (Lipinski definition) is 1. The van der Waals surface area contributed by atoms with Crippen molar-refractivity contribution in [3.05, 3.63) is 90.0 Å². The number of benzene rings is 3. The van der Waals surface area contributed by atoms with Gasteiger partial charge in [-0.3, -0.25) is 4.79 Å². The second-order valence-electron chi connectivity index (χ2n) is 8.98. The Hall–Kier alpha value is -3.97. The number of nitrogens with zero attached hydrogens (tertiary/aromatic N) is 4. The molecule has 0 bridgehead atoms. The summed E-state index contributed by atoms with van der Waals surface area (Å²) in [6, 6.07) is 26.6. The van der Waals surface area contributed by atoms with Gasteiger partial charge >= 0.3 is 0 Å². The van der Waals surface area contributed by atoms with Gasteiger partial charge in [-0.25, -0.2) is 4.98 Å². The summed E-state index contributed by atoms with van der Waals surface area (Å²) in [5.41, 5.74) is 7.07. The zero-order valence-electron chi connectivity index (χ0n) is 21.9. The van der Waals surface area contributed by atoms with Crippen LogP contribution in [-0.4, -0.2) is 31.4 Å². The number of carbonyl (C=O) groups is 1. The molecule has 5 rings (SSSR count). The lowest BCUT2D eigenvalue weighted by molar-refractivity contribution is -0.113. The quantitative estimate of drug-likeness (QED) is 0.211. The van der Waals surface area contributed by atoms with E-state index in [-0.39, 0.29) is 11.7 Å². The Balaban J connectivity index is 1.44. The number of pyridine rings is 1. The average Bonchev–Trinajstić information content (AvgIpc) is 3.38. The first-order valence-electron chi connectivity index (χ1n) is 13.0. The number of para-hydroxylation sites is 2. The molecule has 0 unspecified atom stereocenters. The molecule has 0 aliphatic carbocycles. The number of hydrogen-bond acceptors (Lipinski definition) is 5. The highest BCUT2D eigenvalue weighted by molar-refractivity contribution is 7.99. The number of nitrogens with one attached hydrogen (secondary N) is 1. The number of thioether (sulfide) groups is 1. The Bertz CT molecular complexity index is 1560. The largest absolute Gasteiger partial charge is 0.325 e. The number of anilines is 1. The molecule has 0 saturated carbocycles. The van der Waals surface area contributed by atoms with E-state index in [9.17, 15) is 4.79 Å². The van der Waals surface area contributed by atoms with Crippen molar-refractivity contribution in [2.75, 3.05) is 11.1 Å². The summed E-state index contributed by atoms with van der Waals surface area (Å²) in [7, 11) is 0. The van der Waals surface area contributed by atoms with Crippen molar-refractivity contribution in [2.24, 2.45) is 0 Å². The molecular formula is C31H31N5OS. The van der Waals surface area contributed by atoms with Crippen LogP contribution in [-0.2, 0) is 24.2 Å². The van der Waals surface area contributed by atoms with Gasteiger partial charge in [-0.15, -0.1) is 10.2 Å². The van der Waals surface area contributed by atoms with Crippen molar-refractivity contribution < 1.29 is 4.79 Å². The van der Waals surface area contributed by atoms with Crippen LogP contribution in [0.25, 0.3) is 33.5 Å². The maximum absolute atomic E-state index is 13.0. The van der Waals surface area contributed by atoms with E-state index >= 15 is 0 Å². The standard InChI is InChI=1S/C31H31N5OS/c1-4-21-15-12-16-22(5-2)29(21)33-28(37)20-38-31-35-34-30(36(31)6-3)25-19-27(23-13-8-7-9-14-23)32-26-18-11-10-17-24(25)26/h7-19H,4-6,20H2,1-3H3,(H,33,37). The van der Waals surface area contributed by atoms with E-state index in [1.165, 1.54) is 11.8 Å². The number of aryl methyl sites for hydroxylation is 2. The van der Waals surface area contributed by atoms with E-state index < -0.39 is 0 Å². The highest BCUT2D eigenvalue weighted by Gasteiger charge is 2.19. The molecule has 6 nitrogen and oxygen atoms in total. The molecule has 0 aliphatic heterocycles. The first-order chi connectivity index (χ1) is 18.6. The van der Waals surface area contributed by atoms with Crippen LogP contribution in [0.5, 0.6) is 0 Å². The zero-order chi connectivity index (χ0) is 26.5. The van der Waals surface area contributed by atoms with Gasteiger partial charge < -0.3 is 9.88 Å². The van der Waals surface area contributed by atoms with Gasteiger partial charge in [-0.1, -0.05) is 92.3 Å². The number of carbonyl (C=O) groups excluding carboxylic acids is 1. The maximum Gasteiger partial charge on any atom is 0.234 e. The van der Waals surface area contributed by atoms with E-state index in [0.29, 0.717) is 6.54 Å². The van der Waals surface area contributed by atoms with Crippen molar-refractivity contribution in [2.45, 2.75) is 45.3 Å². The van der Waals surface area contributed by atoms with Crippen LogP contribution in [0.15, 0.2) is 84.0 Å². The highest BCUT2D eigenvalue weighted by atomic mass is 32.2. The fraction of sp³-hybridized carbons (Fsp3) is 0.226. The summed E-state index contributed by atoms with van der Waals surface area (Å²) in [4.78, 5) is 17.9. The Labute approximate surface area is 227 Å². The van der Waals surface area contributed by atoms with Crippen molar-refractivity contribution >= 4 is 34.3 Å². The Morgan fingerprint density at radius 2 is 1.58 bits per heavy atom. The molecule has 1 N–H and O–H groups in total. The van der Waals surface area contributed by atoms with Crippen LogP contribution in [0.4, 0.5) is 5.69 Å². The molecule has 5 aromatic rings. The molecule has 0 radical (unpaired) electrons. The summed E-state index contributed by atoms with van der Waals surface area (Å²) < 4.78 is 2.08. The van der Waals surface area contributed by atoms with Crippen LogP contribution in [0.1, 0.15) is 31.9 Å². The van der Waals surface area contributed by atoms with Crippen LogP contribution < -0.4 is 5.32 Å². The molecule has 0 fully saturated rings.